The lowest BCUT2D eigenvalue weighted by Gasteiger charge is -2.08. The van der Waals surface area contributed by atoms with Gasteiger partial charge in [0, 0.05) is 10.6 Å². The molecule has 0 fully saturated rings. The van der Waals surface area contributed by atoms with Gasteiger partial charge in [-0.15, -0.1) is 10.2 Å². The Kier molecular flexibility index (Phi) is 2.28. The van der Waals surface area contributed by atoms with E-state index in [2.05, 4.69) is 15.2 Å². The molecule has 2 aromatic heterocycles. The number of nitrogens with zero attached hydrogens (tertiary/aromatic N) is 5. The fourth-order valence-electron chi connectivity index (χ4n) is 2.49. The first-order valence-electron chi connectivity index (χ1n) is 5.97. The maximum Gasteiger partial charge on any atom is 0.170 e. The van der Waals surface area contributed by atoms with E-state index in [0.29, 0.717) is 17.3 Å². The molecule has 0 N–H and O–H groups in total. The number of fused-ring (bicyclic) bond motifs is 5. The first-order chi connectivity index (χ1) is 9.78. The summed E-state index contributed by atoms with van der Waals surface area (Å²) in [4.78, 5) is 15.3. The van der Waals surface area contributed by atoms with Crippen molar-refractivity contribution in [2.24, 2.45) is 0 Å². The number of carbonyl (C=O) groups is 1. The van der Waals surface area contributed by atoms with E-state index < -0.39 is 0 Å². The van der Waals surface area contributed by atoms with E-state index in [-0.39, 0.29) is 0 Å². The summed E-state index contributed by atoms with van der Waals surface area (Å²) in [7, 11) is 0. The highest BCUT2D eigenvalue weighted by atomic mass is 35.5. The third-order valence-corrected chi connectivity index (χ3v) is 3.64. The van der Waals surface area contributed by atoms with Crippen LogP contribution in [0.3, 0.4) is 0 Å². The van der Waals surface area contributed by atoms with Gasteiger partial charge in [-0.1, -0.05) is 11.6 Å². The van der Waals surface area contributed by atoms with Gasteiger partial charge in [0.05, 0.1) is 17.9 Å². The van der Waals surface area contributed by atoms with Crippen LogP contribution in [-0.4, -0.2) is 30.6 Å². The van der Waals surface area contributed by atoms with Gasteiger partial charge in [-0.05, 0) is 18.2 Å². The molecule has 0 aliphatic carbocycles. The number of hydrogen-bond donors (Lipinski definition) is 0. The molecule has 0 saturated carbocycles. The number of hydrogen-bond acceptors (Lipinski definition) is 4. The first-order valence-corrected chi connectivity index (χ1v) is 6.35. The number of carbonyl (C=O) groups excluding carboxylic acids is 1. The minimum absolute atomic E-state index is 0.424. The smallest absolute Gasteiger partial charge is 0.170 e. The lowest BCUT2D eigenvalue weighted by atomic mass is 10.1. The molecule has 1 aliphatic heterocycles. The third kappa shape index (κ3) is 1.45. The number of halogens is 1. The van der Waals surface area contributed by atoms with E-state index in [1.807, 2.05) is 21.3 Å². The third-order valence-electron chi connectivity index (χ3n) is 3.41. The second-order valence-corrected chi connectivity index (χ2v) is 4.94. The van der Waals surface area contributed by atoms with Crippen molar-refractivity contribution in [1.82, 2.24) is 24.3 Å². The van der Waals surface area contributed by atoms with Crippen molar-refractivity contribution in [2.45, 2.75) is 6.54 Å². The normalized spacial score (nSPS) is 12.2. The van der Waals surface area contributed by atoms with Gasteiger partial charge in [-0.25, -0.2) is 4.98 Å². The Morgan fingerprint density at radius 2 is 2.20 bits per heavy atom. The molecule has 0 bridgehead atoms. The fraction of sp³-hybridized carbons (Fsp3) is 0.0769. The van der Waals surface area contributed by atoms with E-state index >= 15 is 0 Å². The van der Waals surface area contributed by atoms with Crippen LogP contribution in [0.5, 0.6) is 0 Å². The van der Waals surface area contributed by atoms with E-state index in [4.69, 9.17) is 11.6 Å². The SMILES string of the molecule is O=Cc1ncn2c1Cn1cnnc1-c1cc(Cl)ccc1-2. The summed E-state index contributed by atoms with van der Waals surface area (Å²) >= 11 is 6.08. The molecule has 3 heterocycles. The summed E-state index contributed by atoms with van der Waals surface area (Å²) in [5.74, 6) is 0.725. The Balaban J connectivity index is 2.11. The van der Waals surface area contributed by atoms with Gasteiger partial charge in [-0.2, -0.15) is 0 Å². The topological polar surface area (TPSA) is 65.6 Å². The van der Waals surface area contributed by atoms with Crippen LogP contribution in [0.1, 0.15) is 16.2 Å². The minimum Gasteiger partial charge on any atom is -0.307 e. The molecule has 0 atom stereocenters. The highest BCUT2D eigenvalue weighted by molar-refractivity contribution is 6.31. The molecule has 1 aliphatic rings. The van der Waals surface area contributed by atoms with Crippen molar-refractivity contribution in [3.63, 3.8) is 0 Å². The summed E-state index contributed by atoms with van der Waals surface area (Å²) in [5.41, 5.74) is 2.98. The average molecular weight is 286 g/mol. The standard InChI is InChI=1S/C13H8ClN5O/c14-8-1-2-11-9(3-8)13-17-16-7-18(13)4-12-10(5-20)15-6-19(11)12/h1-3,5-7H,4H2. The van der Waals surface area contributed by atoms with Crippen molar-refractivity contribution in [2.75, 3.05) is 0 Å². The van der Waals surface area contributed by atoms with Crippen LogP contribution in [-0.2, 0) is 6.54 Å². The number of imidazole rings is 1. The highest BCUT2D eigenvalue weighted by Gasteiger charge is 2.23. The molecule has 0 amide bonds. The van der Waals surface area contributed by atoms with Crippen molar-refractivity contribution < 1.29 is 4.79 Å². The maximum atomic E-state index is 11.1. The number of aldehydes is 1. The Bertz CT molecular complexity index is 835. The van der Waals surface area contributed by atoms with Crippen LogP contribution < -0.4 is 0 Å². The molecule has 0 radical (unpaired) electrons. The molecule has 0 spiro atoms. The summed E-state index contributed by atoms with van der Waals surface area (Å²) < 4.78 is 3.77. The van der Waals surface area contributed by atoms with Crippen LogP contribution in [0.2, 0.25) is 5.02 Å². The largest absolute Gasteiger partial charge is 0.307 e. The molecule has 0 unspecified atom stereocenters. The van der Waals surface area contributed by atoms with Crippen molar-refractivity contribution in [3.8, 4) is 17.1 Å². The van der Waals surface area contributed by atoms with Crippen LogP contribution >= 0.6 is 11.6 Å². The monoisotopic (exact) mass is 285 g/mol. The predicted molar refractivity (Wildman–Crippen MR) is 72.1 cm³/mol. The molecule has 20 heavy (non-hydrogen) atoms. The zero-order chi connectivity index (χ0) is 13.7. The number of aromatic nitrogens is 5. The van der Waals surface area contributed by atoms with Crippen LogP contribution in [0.25, 0.3) is 17.1 Å². The molecule has 7 heteroatoms. The summed E-state index contributed by atoms with van der Waals surface area (Å²) in [6.45, 7) is 0.489. The minimum atomic E-state index is 0.424. The average Bonchev–Trinajstić information content (AvgIpc) is 3.04. The Labute approximate surface area is 118 Å². The first kappa shape index (κ1) is 11.4. The van der Waals surface area contributed by atoms with Crippen LogP contribution in [0.4, 0.5) is 0 Å². The van der Waals surface area contributed by atoms with Gasteiger partial charge in [0.2, 0.25) is 0 Å². The molecule has 6 nitrogen and oxygen atoms in total. The number of rotatable bonds is 1. The molecule has 0 saturated heterocycles. The summed E-state index contributed by atoms with van der Waals surface area (Å²) in [5, 5.41) is 8.71. The van der Waals surface area contributed by atoms with Gasteiger partial charge in [-0.3, -0.25) is 9.36 Å². The quantitative estimate of drug-likeness (QED) is 0.502. The Morgan fingerprint density at radius 1 is 1.30 bits per heavy atom. The summed E-state index contributed by atoms with van der Waals surface area (Å²) in [6, 6.07) is 5.53. The lowest BCUT2D eigenvalue weighted by Crippen LogP contribution is -2.04. The highest BCUT2D eigenvalue weighted by Crippen LogP contribution is 2.32. The van der Waals surface area contributed by atoms with E-state index in [0.717, 1.165) is 29.1 Å². The molecule has 4 rings (SSSR count). The van der Waals surface area contributed by atoms with Crippen LogP contribution in [0, 0.1) is 0 Å². The molecule has 3 aromatic rings. The molecule has 1 aromatic carbocycles. The lowest BCUT2D eigenvalue weighted by molar-refractivity contribution is 0.111. The van der Waals surface area contributed by atoms with Gasteiger partial charge in [0.1, 0.15) is 18.3 Å². The number of benzene rings is 1. The molecular formula is C13H8ClN5O. The van der Waals surface area contributed by atoms with E-state index in [1.54, 1.807) is 18.7 Å². The van der Waals surface area contributed by atoms with Crippen molar-refractivity contribution in [1.29, 1.82) is 0 Å². The van der Waals surface area contributed by atoms with Gasteiger partial charge in [0.15, 0.2) is 12.1 Å². The fourth-order valence-corrected chi connectivity index (χ4v) is 2.66. The Hall–Kier alpha value is -2.47. The second kappa shape index (κ2) is 4.01. The zero-order valence-corrected chi connectivity index (χ0v) is 10.9. The predicted octanol–water partition coefficient (Wildman–Crippen LogP) is 1.96. The van der Waals surface area contributed by atoms with Gasteiger partial charge >= 0.3 is 0 Å². The molecule has 98 valence electrons. The molecular weight excluding hydrogens is 278 g/mol. The van der Waals surface area contributed by atoms with Crippen LogP contribution in [0.15, 0.2) is 30.9 Å². The van der Waals surface area contributed by atoms with Crippen molar-refractivity contribution >= 4 is 17.9 Å². The van der Waals surface area contributed by atoms with Crippen molar-refractivity contribution in [3.05, 3.63) is 47.3 Å². The van der Waals surface area contributed by atoms with Gasteiger partial charge < -0.3 is 4.57 Å². The van der Waals surface area contributed by atoms with Gasteiger partial charge in [0.25, 0.3) is 0 Å². The second-order valence-electron chi connectivity index (χ2n) is 4.51. The maximum absolute atomic E-state index is 11.1. The van der Waals surface area contributed by atoms with E-state index in [1.165, 1.54) is 0 Å². The Morgan fingerprint density at radius 3 is 3.05 bits per heavy atom. The zero-order valence-electron chi connectivity index (χ0n) is 10.2. The summed E-state index contributed by atoms with van der Waals surface area (Å²) in [6.07, 6.45) is 4.04. The van der Waals surface area contributed by atoms with E-state index in [9.17, 15) is 4.79 Å².